The summed E-state index contributed by atoms with van der Waals surface area (Å²) in [6.45, 7) is 0.842. The Bertz CT molecular complexity index is 198. The number of hydrogen-bond acceptors (Lipinski definition) is 2. The highest BCUT2D eigenvalue weighted by molar-refractivity contribution is 5.04. The molecule has 13 heavy (non-hydrogen) atoms. The fourth-order valence-corrected chi connectivity index (χ4v) is 2.28. The van der Waals surface area contributed by atoms with E-state index in [-0.39, 0.29) is 6.10 Å². The van der Waals surface area contributed by atoms with E-state index in [1.807, 2.05) is 0 Å². The third kappa shape index (κ3) is 2.05. The average molecular weight is 182 g/mol. The molecule has 0 aromatic carbocycles. The van der Waals surface area contributed by atoms with Crippen LogP contribution in [0.15, 0.2) is 11.8 Å². The summed E-state index contributed by atoms with van der Waals surface area (Å²) in [5, 5.41) is 9.80. The lowest BCUT2D eigenvalue weighted by molar-refractivity contribution is 0.0430. The summed E-state index contributed by atoms with van der Waals surface area (Å²) >= 11 is 0. The number of ether oxygens (including phenoxy) is 1. The first-order valence-corrected chi connectivity index (χ1v) is 5.39. The smallest absolute Gasteiger partial charge is 0.0976 e. The molecular formula is C11H18O2. The first-order chi connectivity index (χ1) is 6.38. The van der Waals surface area contributed by atoms with Crippen LogP contribution >= 0.6 is 0 Å². The van der Waals surface area contributed by atoms with Crippen molar-refractivity contribution in [1.82, 2.24) is 0 Å². The van der Waals surface area contributed by atoms with Crippen LogP contribution in [-0.4, -0.2) is 17.8 Å². The Morgan fingerprint density at radius 1 is 1.23 bits per heavy atom. The number of allylic oxidation sites excluding steroid dienone is 1. The number of rotatable bonds is 1. The lowest BCUT2D eigenvalue weighted by atomic mass is 9.84. The maximum atomic E-state index is 9.80. The largest absolute Gasteiger partial charge is 0.498 e. The molecule has 1 fully saturated rings. The molecule has 1 aliphatic carbocycles. The van der Waals surface area contributed by atoms with E-state index in [9.17, 15) is 5.11 Å². The molecule has 2 aliphatic rings. The maximum absolute atomic E-state index is 9.80. The third-order valence-corrected chi connectivity index (χ3v) is 3.06. The van der Waals surface area contributed by atoms with Crippen LogP contribution in [0.25, 0.3) is 0 Å². The zero-order chi connectivity index (χ0) is 9.10. The van der Waals surface area contributed by atoms with Gasteiger partial charge in [0.05, 0.1) is 18.5 Å². The Kier molecular flexibility index (Phi) is 2.89. The van der Waals surface area contributed by atoms with Crippen LogP contribution < -0.4 is 0 Å². The molecule has 0 aromatic heterocycles. The predicted molar refractivity (Wildman–Crippen MR) is 51.2 cm³/mol. The van der Waals surface area contributed by atoms with Gasteiger partial charge in [-0.1, -0.05) is 12.8 Å². The molecule has 1 N–H and O–H groups in total. The van der Waals surface area contributed by atoms with Crippen molar-refractivity contribution in [3.8, 4) is 0 Å². The summed E-state index contributed by atoms with van der Waals surface area (Å²) in [4.78, 5) is 0. The minimum absolute atomic E-state index is 0.155. The predicted octanol–water partition coefficient (Wildman–Crippen LogP) is 2.23. The van der Waals surface area contributed by atoms with Crippen LogP contribution in [0.1, 0.15) is 38.5 Å². The second kappa shape index (κ2) is 4.14. The Labute approximate surface area is 79.6 Å². The number of aliphatic hydroxyl groups excluding tert-OH is 1. The quantitative estimate of drug-likeness (QED) is 0.674. The maximum Gasteiger partial charge on any atom is 0.0976 e. The van der Waals surface area contributed by atoms with Crippen LogP contribution in [0.4, 0.5) is 0 Å². The topological polar surface area (TPSA) is 29.5 Å². The van der Waals surface area contributed by atoms with Crippen molar-refractivity contribution in [2.24, 2.45) is 5.92 Å². The first kappa shape index (κ1) is 9.07. The minimum Gasteiger partial charge on any atom is -0.498 e. The van der Waals surface area contributed by atoms with Crippen molar-refractivity contribution in [3.05, 3.63) is 11.8 Å². The molecule has 2 unspecified atom stereocenters. The van der Waals surface area contributed by atoms with Crippen molar-refractivity contribution >= 4 is 0 Å². The van der Waals surface area contributed by atoms with Gasteiger partial charge >= 0.3 is 0 Å². The molecule has 2 nitrogen and oxygen atoms in total. The zero-order valence-corrected chi connectivity index (χ0v) is 8.04. The Balaban J connectivity index is 2.00. The molecule has 0 bridgehead atoms. The summed E-state index contributed by atoms with van der Waals surface area (Å²) in [6, 6.07) is 0. The molecule has 1 saturated carbocycles. The van der Waals surface area contributed by atoms with E-state index < -0.39 is 0 Å². The average Bonchev–Trinajstić information content (AvgIpc) is 2.20. The van der Waals surface area contributed by atoms with Crippen LogP contribution in [0.3, 0.4) is 0 Å². The van der Waals surface area contributed by atoms with Gasteiger partial charge in [-0.05, 0) is 31.8 Å². The molecule has 1 aliphatic heterocycles. The van der Waals surface area contributed by atoms with Gasteiger partial charge in [-0.2, -0.15) is 0 Å². The molecule has 0 amide bonds. The Morgan fingerprint density at radius 2 is 2.08 bits per heavy atom. The molecule has 74 valence electrons. The fourth-order valence-electron chi connectivity index (χ4n) is 2.28. The highest BCUT2D eigenvalue weighted by Gasteiger charge is 2.28. The van der Waals surface area contributed by atoms with E-state index in [1.165, 1.54) is 12.8 Å². The van der Waals surface area contributed by atoms with E-state index in [1.54, 1.807) is 0 Å². The molecule has 1 heterocycles. The molecule has 0 radical (unpaired) electrons. The zero-order valence-electron chi connectivity index (χ0n) is 8.04. The molecular weight excluding hydrogens is 164 g/mol. The second-order valence-electron chi connectivity index (χ2n) is 4.06. The van der Waals surface area contributed by atoms with Crippen LogP contribution in [0.2, 0.25) is 0 Å². The van der Waals surface area contributed by atoms with Crippen molar-refractivity contribution in [1.29, 1.82) is 0 Å². The van der Waals surface area contributed by atoms with Gasteiger partial charge in [-0.25, -0.2) is 0 Å². The van der Waals surface area contributed by atoms with E-state index in [0.29, 0.717) is 5.92 Å². The van der Waals surface area contributed by atoms with Gasteiger partial charge in [0.1, 0.15) is 0 Å². The van der Waals surface area contributed by atoms with Crippen molar-refractivity contribution in [3.63, 3.8) is 0 Å². The van der Waals surface area contributed by atoms with Gasteiger partial charge in [0, 0.05) is 5.92 Å². The van der Waals surface area contributed by atoms with Gasteiger partial charge in [0.25, 0.3) is 0 Å². The minimum atomic E-state index is -0.155. The summed E-state index contributed by atoms with van der Waals surface area (Å²) in [6.07, 6.45) is 8.73. The second-order valence-corrected chi connectivity index (χ2v) is 4.06. The summed E-state index contributed by atoms with van der Waals surface area (Å²) in [5.74, 6) is 1.37. The molecule has 2 rings (SSSR count). The normalized spacial score (nSPS) is 35.0. The highest BCUT2D eigenvalue weighted by Crippen LogP contribution is 2.32. The Hall–Kier alpha value is -0.500. The van der Waals surface area contributed by atoms with Crippen molar-refractivity contribution < 1.29 is 9.84 Å². The molecule has 0 spiro atoms. The third-order valence-electron chi connectivity index (χ3n) is 3.06. The molecule has 2 heteroatoms. The summed E-state index contributed by atoms with van der Waals surface area (Å²) < 4.78 is 5.59. The Morgan fingerprint density at radius 3 is 2.77 bits per heavy atom. The SMILES string of the molecule is OC1CCCCC1C1=CCCCO1. The van der Waals surface area contributed by atoms with Crippen LogP contribution in [0.5, 0.6) is 0 Å². The number of aliphatic hydroxyl groups is 1. The van der Waals surface area contributed by atoms with E-state index in [0.717, 1.165) is 38.0 Å². The van der Waals surface area contributed by atoms with Crippen molar-refractivity contribution in [2.75, 3.05) is 6.61 Å². The fraction of sp³-hybridized carbons (Fsp3) is 0.818. The van der Waals surface area contributed by atoms with E-state index in [2.05, 4.69) is 6.08 Å². The monoisotopic (exact) mass is 182 g/mol. The first-order valence-electron chi connectivity index (χ1n) is 5.39. The van der Waals surface area contributed by atoms with Gasteiger partial charge in [-0.15, -0.1) is 0 Å². The van der Waals surface area contributed by atoms with Gasteiger partial charge in [0.15, 0.2) is 0 Å². The number of hydrogen-bond donors (Lipinski definition) is 1. The van der Waals surface area contributed by atoms with E-state index in [4.69, 9.17) is 4.74 Å². The van der Waals surface area contributed by atoms with Crippen LogP contribution in [0, 0.1) is 5.92 Å². The van der Waals surface area contributed by atoms with Gasteiger partial charge in [0.2, 0.25) is 0 Å². The summed E-state index contributed by atoms with van der Waals surface area (Å²) in [5.41, 5.74) is 0. The van der Waals surface area contributed by atoms with Gasteiger partial charge in [-0.3, -0.25) is 0 Å². The lowest BCUT2D eigenvalue weighted by Gasteiger charge is -2.30. The van der Waals surface area contributed by atoms with Crippen LogP contribution in [-0.2, 0) is 4.74 Å². The molecule has 0 aromatic rings. The van der Waals surface area contributed by atoms with Crippen molar-refractivity contribution in [2.45, 2.75) is 44.6 Å². The van der Waals surface area contributed by atoms with Gasteiger partial charge < -0.3 is 9.84 Å². The molecule has 2 atom stereocenters. The summed E-state index contributed by atoms with van der Waals surface area (Å²) in [7, 11) is 0. The lowest BCUT2D eigenvalue weighted by Crippen LogP contribution is -2.28. The van der Waals surface area contributed by atoms with E-state index >= 15 is 0 Å². The standard InChI is InChI=1S/C11H18O2/c12-10-6-2-1-5-9(10)11-7-3-4-8-13-11/h7,9-10,12H,1-6,8H2. The highest BCUT2D eigenvalue weighted by atomic mass is 16.5. The molecule has 0 saturated heterocycles.